The topological polar surface area (TPSA) is 92.4 Å². The fourth-order valence-electron chi connectivity index (χ4n) is 1.26. The van der Waals surface area contributed by atoms with E-state index in [4.69, 9.17) is 9.52 Å². The van der Waals surface area contributed by atoms with Crippen molar-refractivity contribution in [3.8, 4) is 0 Å². The molecule has 6 heteroatoms. The quantitative estimate of drug-likeness (QED) is 0.825. The molecule has 1 aromatic heterocycles. The predicted molar refractivity (Wildman–Crippen MR) is 59.6 cm³/mol. The Balaban J connectivity index is 2.94. The number of oxazole rings is 1. The molecule has 0 radical (unpaired) electrons. The van der Waals surface area contributed by atoms with Crippen LogP contribution in [0, 0.1) is 12.8 Å². The van der Waals surface area contributed by atoms with Gasteiger partial charge < -0.3 is 14.8 Å². The van der Waals surface area contributed by atoms with E-state index in [2.05, 4.69) is 10.3 Å². The molecule has 0 saturated heterocycles. The Labute approximate surface area is 99.0 Å². The maximum Gasteiger partial charge on any atom is 0.329 e. The molecule has 1 amide bonds. The van der Waals surface area contributed by atoms with Gasteiger partial charge in [0.2, 0.25) is 0 Å². The first kappa shape index (κ1) is 13.2. The van der Waals surface area contributed by atoms with Gasteiger partial charge in [-0.3, -0.25) is 4.79 Å². The van der Waals surface area contributed by atoms with Crippen LogP contribution in [0.15, 0.2) is 10.8 Å². The average molecular weight is 240 g/mol. The zero-order valence-electron chi connectivity index (χ0n) is 10.3. The van der Waals surface area contributed by atoms with Crippen molar-refractivity contribution in [1.82, 2.24) is 10.3 Å². The monoisotopic (exact) mass is 240 g/mol. The Kier molecular flexibility index (Phi) is 3.55. The number of nitrogens with one attached hydrogen (secondary N) is 1. The lowest BCUT2D eigenvalue weighted by molar-refractivity contribution is -0.145. The van der Waals surface area contributed by atoms with Crippen LogP contribution >= 0.6 is 0 Å². The summed E-state index contributed by atoms with van der Waals surface area (Å²) in [5.74, 6) is -1.52. The molecule has 0 bridgehead atoms. The zero-order chi connectivity index (χ0) is 13.2. The van der Waals surface area contributed by atoms with Gasteiger partial charge in [0, 0.05) is 0 Å². The van der Waals surface area contributed by atoms with Gasteiger partial charge in [-0.15, -0.1) is 0 Å². The van der Waals surface area contributed by atoms with Crippen molar-refractivity contribution in [2.75, 3.05) is 0 Å². The minimum absolute atomic E-state index is 0.109. The van der Waals surface area contributed by atoms with E-state index in [1.807, 2.05) is 0 Å². The number of carbonyl (C=O) groups is 2. The largest absolute Gasteiger partial charge is 0.480 e. The Morgan fingerprint density at radius 2 is 2.12 bits per heavy atom. The van der Waals surface area contributed by atoms with Crippen molar-refractivity contribution >= 4 is 11.9 Å². The first-order chi connectivity index (χ1) is 7.79. The molecule has 1 unspecified atom stereocenters. The Bertz CT molecular complexity index is 438. The van der Waals surface area contributed by atoms with Crippen LogP contribution in [0.25, 0.3) is 0 Å². The summed E-state index contributed by atoms with van der Waals surface area (Å²) in [5, 5.41) is 11.6. The predicted octanol–water partition coefficient (Wildman–Crippen LogP) is 1.21. The summed E-state index contributed by atoms with van der Waals surface area (Å²) >= 11 is 0. The van der Waals surface area contributed by atoms with Crippen LogP contribution in [0.2, 0.25) is 0 Å². The summed E-state index contributed by atoms with van der Waals surface area (Å²) in [6.07, 6.45) is 1.15. The van der Waals surface area contributed by atoms with Crippen molar-refractivity contribution in [2.45, 2.75) is 33.2 Å². The molecule has 94 valence electrons. The van der Waals surface area contributed by atoms with Crippen molar-refractivity contribution in [2.24, 2.45) is 5.92 Å². The summed E-state index contributed by atoms with van der Waals surface area (Å²) < 4.78 is 4.90. The number of aryl methyl sites for hydroxylation is 1. The number of carbonyl (C=O) groups excluding carboxylic acids is 1. The lowest BCUT2D eigenvalue weighted by Gasteiger charge is -2.29. The molecule has 6 nitrogen and oxygen atoms in total. The molecule has 0 fully saturated rings. The number of carboxylic acid groups (broad SMARTS) is 1. The number of hydrogen-bond acceptors (Lipinski definition) is 4. The Morgan fingerprint density at radius 3 is 2.47 bits per heavy atom. The van der Waals surface area contributed by atoms with Crippen molar-refractivity contribution < 1.29 is 19.1 Å². The summed E-state index contributed by atoms with van der Waals surface area (Å²) in [4.78, 5) is 26.8. The van der Waals surface area contributed by atoms with Gasteiger partial charge in [-0.25, -0.2) is 9.78 Å². The second kappa shape index (κ2) is 4.57. The van der Waals surface area contributed by atoms with Crippen LogP contribution < -0.4 is 5.32 Å². The van der Waals surface area contributed by atoms with E-state index >= 15 is 0 Å². The van der Waals surface area contributed by atoms with Gasteiger partial charge in [0.05, 0.1) is 0 Å². The molecule has 0 aromatic carbocycles. The van der Waals surface area contributed by atoms with E-state index in [-0.39, 0.29) is 11.6 Å². The molecule has 1 atom stereocenters. The van der Waals surface area contributed by atoms with E-state index in [1.165, 1.54) is 6.92 Å². The maximum absolute atomic E-state index is 11.9. The van der Waals surface area contributed by atoms with Crippen LogP contribution in [0.4, 0.5) is 0 Å². The van der Waals surface area contributed by atoms with Gasteiger partial charge in [-0.05, 0) is 19.8 Å². The molecule has 0 aliphatic heterocycles. The SMILES string of the molecule is Cc1ocnc1C(=O)NC(C)(C(=O)O)C(C)C. The van der Waals surface area contributed by atoms with E-state index in [1.54, 1.807) is 20.8 Å². The normalized spacial score (nSPS) is 14.4. The third-order valence-electron chi connectivity index (χ3n) is 2.93. The second-order valence-electron chi connectivity index (χ2n) is 4.37. The summed E-state index contributed by atoms with van der Waals surface area (Å²) in [5.41, 5.74) is -1.22. The molecule has 0 spiro atoms. The number of aromatic nitrogens is 1. The third-order valence-corrected chi connectivity index (χ3v) is 2.93. The fourth-order valence-corrected chi connectivity index (χ4v) is 1.26. The highest BCUT2D eigenvalue weighted by atomic mass is 16.4. The highest BCUT2D eigenvalue weighted by molar-refractivity contribution is 5.96. The molecule has 1 heterocycles. The highest BCUT2D eigenvalue weighted by Gasteiger charge is 2.39. The molecule has 0 saturated carbocycles. The molecule has 17 heavy (non-hydrogen) atoms. The van der Waals surface area contributed by atoms with E-state index in [0.717, 1.165) is 6.39 Å². The molecule has 1 rings (SSSR count). The number of amides is 1. The molecular weight excluding hydrogens is 224 g/mol. The van der Waals surface area contributed by atoms with E-state index in [0.29, 0.717) is 5.76 Å². The van der Waals surface area contributed by atoms with Gasteiger partial charge in [0.15, 0.2) is 12.1 Å². The smallest absolute Gasteiger partial charge is 0.329 e. The van der Waals surface area contributed by atoms with Crippen molar-refractivity contribution in [3.63, 3.8) is 0 Å². The zero-order valence-corrected chi connectivity index (χ0v) is 10.3. The highest BCUT2D eigenvalue weighted by Crippen LogP contribution is 2.18. The maximum atomic E-state index is 11.9. The minimum atomic E-state index is -1.33. The fraction of sp³-hybridized carbons (Fsp3) is 0.545. The van der Waals surface area contributed by atoms with Crippen LogP contribution in [-0.4, -0.2) is 27.5 Å². The Hall–Kier alpha value is -1.85. The van der Waals surface area contributed by atoms with Gasteiger partial charge in [-0.2, -0.15) is 0 Å². The lowest BCUT2D eigenvalue weighted by atomic mass is 9.88. The molecular formula is C11H16N2O4. The van der Waals surface area contributed by atoms with Gasteiger partial charge in [0.25, 0.3) is 5.91 Å². The first-order valence-electron chi connectivity index (χ1n) is 5.25. The average Bonchev–Trinajstić information content (AvgIpc) is 2.63. The minimum Gasteiger partial charge on any atom is -0.480 e. The van der Waals surface area contributed by atoms with Gasteiger partial charge >= 0.3 is 5.97 Å². The lowest BCUT2D eigenvalue weighted by Crippen LogP contribution is -2.56. The van der Waals surface area contributed by atoms with Gasteiger partial charge in [-0.1, -0.05) is 13.8 Å². The molecule has 2 N–H and O–H groups in total. The molecule has 0 aliphatic carbocycles. The summed E-state index contributed by atoms with van der Waals surface area (Å²) in [6, 6.07) is 0. The number of rotatable bonds is 4. The summed E-state index contributed by atoms with van der Waals surface area (Å²) in [7, 11) is 0. The second-order valence-corrected chi connectivity index (χ2v) is 4.37. The standard InChI is InChI=1S/C11H16N2O4/c1-6(2)11(4,10(15)16)13-9(14)8-7(3)17-5-12-8/h5-6H,1-4H3,(H,13,14)(H,15,16). The molecule has 1 aromatic rings. The van der Waals surface area contributed by atoms with Gasteiger partial charge in [0.1, 0.15) is 11.3 Å². The third kappa shape index (κ3) is 2.46. The van der Waals surface area contributed by atoms with Crippen molar-refractivity contribution in [1.29, 1.82) is 0 Å². The van der Waals surface area contributed by atoms with Crippen LogP contribution in [0.5, 0.6) is 0 Å². The first-order valence-corrected chi connectivity index (χ1v) is 5.25. The van der Waals surface area contributed by atoms with E-state index < -0.39 is 17.4 Å². The van der Waals surface area contributed by atoms with E-state index in [9.17, 15) is 9.59 Å². The molecule has 0 aliphatic rings. The van der Waals surface area contributed by atoms with Crippen LogP contribution in [0.3, 0.4) is 0 Å². The van der Waals surface area contributed by atoms with Crippen LogP contribution in [0.1, 0.15) is 37.0 Å². The number of carboxylic acids is 1. The number of aliphatic carboxylic acids is 1. The number of nitrogens with zero attached hydrogens (tertiary/aromatic N) is 1. The number of hydrogen-bond donors (Lipinski definition) is 2. The summed E-state index contributed by atoms with van der Waals surface area (Å²) in [6.45, 7) is 6.51. The van der Waals surface area contributed by atoms with Crippen molar-refractivity contribution in [3.05, 3.63) is 17.8 Å². The Morgan fingerprint density at radius 1 is 1.53 bits per heavy atom. The van der Waals surface area contributed by atoms with Crippen LogP contribution in [-0.2, 0) is 4.79 Å².